The minimum absolute atomic E-state index is 0.316. The highest BCUT2D eigenvalue weighted by atomic mass is 16.6. The number of nitrogens with zero attached hydrogens (tertiary/aromatic N) is 1. The molecular weight excluding hydrogens is 210 g/mol. The van der Waals surface area contributed by atoms with Gasteiger partial charge in [0.1, 0.15) is 5.60 Å². The lowest BCUT2D eigenvalue weighted by atomic mass is 10.1. The average molecular weight is 231 g/mol. The van der Waals surface area contributed by atoms with Crippen molar-refractivity contribution in [1.82, 2.24) is 4.90 Å². The van der Waals surface area contributed by atoms with Crippen molar-refractivity contribution in [1.29, 1.82) is 0 Å². The lowest BCUT2D eigenvalue weighted by molar-refractivity contribution is -0.0623. The molecule has 0 aliphatic carbocycles. The van der Waals surface area contributed by atoms with Gasteiger partial charge in [-0.1, -0.05) is 0 Å². The maximum atomic E-state index is 11.9. The molecule has 1 fully saturated rings. The van der Waals surface area contributed by atoms with Crippen LogP contribution in [0.15, 0.2) is 0 Å². The second-order valence-corrected chi connectivity index (χ2v) is 5.06. The van der Waals surface area contributed by atoms with E-state index in [4.69, 9.17) is 9.47 Å². The van der Waals surface area contributed by atoms with Crippen LogP contribution in [0.2, 0.25) is 0 Å². The Bertz CT molecular complexity index is 247. The highest BCUT2D eigenvalue weighted by molar-refractivity contribution is 5.68. The number of aliphatic hydroxyl groups is 1. The summed E-state index contributed by atoms with van der Waals surface area (Å²) in [5, 5.41) is 9.57. The second kappa shape index (κ2) is 5.01. The van der Waals surface area contributed by atoms with E-state index in [-0.39, 0.29) is 12.1 Å². The third-order valence-electron chi connectivity index (χ3n) is 2.35. The molecular formula is C11H21NO4. The van der Waals surface area contributed by atoms with E-state index in [0.717, 1.165) is 0 Å². The molecule has 1 aliphatic heterocycles. The molecule has 5 nitrogen and oxygen atoms in total. The maximum absolute atomic E-state index is 11.9. The van der Waals surface area contributed by atoms with E-state index >= 15 is 0 Å². The molecule has 2 atom stereocenters. The van der Waals surface area contributed by atoms with Crippen LogP contribution in [0.4, 0.5) is 4.79 Å². The number of ether oxygens (including phenoxy) is 2. The van der Waals surface area contributed by atoms with Gasteiger partial charge in [0.15, 0.2) is 0 Å². The van der Waals surface area contributed by atoms with Gasteiger partial charge < -0.3 is 14.6 Å². The molecule has 16 heavy (non-hydrogen) atoms. The first-order valence-electron chi connectivity index (χ1n) is 5.56. The Labute approximate surface area is 96.3 Å². The molecule has 1 amide bonds. The molecule has 0 saturated carbocycles. The van der Waals surface area contributed by atoms with Gasteiger partial charge in [-0.25, -0.2) is 4.79 Å². The van der Waals surface area contributed by atoms with Crippen LogP contribution in [0, 0.1) is 0 Å². The van der Waals surface area contributed by atoms with Crippen molar-refractivity contribution in [3.05, 3.63) is 0 Å². The van der Waals surface area contributed by atoms with Crippen molar-refractivity contribution in [3.63, 3.8) is 0 Å². The largest absolute Gasteiger partial charge is 0.444 e. The Kier molecular flexibility index (Phi) is 4.15. The summed E-state index contributed by atoms with van der Waals surface area (Å²) in [5.74, 6) is 0. The zero-order valence-corrected chi connectivity index (χ0v) is 10.4. The SMILES string of the molecule is CC(O)C1COCCN1C(=O)OC(C)(C)C. The average Bonchev–Trinajstić information content (AvgIpc) is 2.15. The van der Waals surface area contributed by atoms with Gasteiger partial charge in [-0.3, -0.25) is 4.90 Å². The molecule has 0 aromatic heterocycles. The number of carbonyl (C=O) groups is 1. The third-order valence-corrected chi connectivity index (χ3v) is 2.35. The normalized spacial score (nSPS) is 24.1. The Morgan fingerprint density at radius 3 is 2.69 bits per heavy atom. The first kappa shape index (κ1) is 13.3. The van der Waals surface area contributed by atoms with Gasteiger partial charge >= 0.3 is 6.09 Å². The van der Waals surface area contributed by atoms with Gasteiger partial charge in [-0.15, -0.1) is 0 Å². The highest BCUT2D eigenvalue weighted by Crippen LogP contribution is 2.16. The van der Waals surface area contributed by atoms with Crippen molar-refractivity contribution in [2.24, 2.45) is 0 Å². The molecule has 0 radical (unpaired) electrons. The molecule has 2 unspecified atom stereocenters. The molecule has 1 saturated heterocycles. The minimum Gasteiger partial charge on any atom is -0.444 e. The van der Waals surface area contributed by atoms with Crippen LogP contribution in [0.25, 0.3) is 0 Å². The Morgan fingerprint density at radius 1 is 1.56 bits per heavy atom. The first-order valence-corrected chi connectivity index (χ1v) is 5.56. The summed E-state index contributed by atoms with van der Waals surface area (Å²) < 4.78 is 10.5. The molecule has 0 bridgehead atoms. The summed E-state index contributed by atoms with van der Waals surface area (Å²) in [4.78, 5) is 13.4. The number of carbonyl (C=O) groups excluding carboxylic acids is 1. The van der Waals surface area contributed by atoms with Crippen LogP contribution in [0.1, 0.15) is 27.7 Å². The summed E-state index contributed by atoms with van der Waals surface area (Å²) in [6.07, 6.45) is -1.01. The number of amides is 1. The summed E-state index contributed by atoms with van der Waals surface area (Å²) in [7, 11) is 0. The fourth-order valence-electron chi connectivity index (χ4n) is 1.57. The molecule has 5 heteroatoms. The fraction of sp³-hybridized carbons (Fsp3) is 0.909. The number of morpholine rings is 1. The van der Waals surface area contributed by atoms with Crippen molar-refractivity contribution in [3.8, 4) is 0 Å². The fourth-order valence-corrected chi connectivity index (χ4v) is 1.57. The second-order valence-electron chi connectivity index (χ2n) is 5.06. The van der Waals surface area contributed by atoms with E-state index in [2.05, 4.69) is 0 Å². The maximum Gasteiger partial charge on any atom is 0.410 e. The van der Waals surface area contributed by atoms with Gasteiger partial charge in [0.2, 0.25) is 0 Å². The van der Waals surface area contributed by atoms with E-state index in [1.807, 2.05) is 20.8 Å². The molecule has 1 rings (SSSR count). The van der Waals surface area contributed by atoms with Gasteiger partial charge in [0.25, 0.3) is 0 Å². The molecule has 0 aromatic carbocycles. The zero-order valence-electron chi connectivity index (χ0n) is 10.4. The van der Waals surface area contributed by atoms with E-state index in [1.165, 1.54) is 0 Å². The number of hydrogen-bond donors (Lipinski definition) is 1. The van der Waals surface area contributed by atoms with E-state index < -0.39 is 11.7 Å². The smallest absolute Gasteiger partial charge is 0.410 e. The van der Waals surface area contributed by atoms with Crippen LogP contribution in [0.5, 0.6) is 0 Å². The summed E-state index contributed by atoms with van der Waals surface area (Å²) in [5.41, 5.74) is -0.515. The molecule has 0 aromatic rings. The Hall–Kier alpha value is -0.810. The highest BCUT2D eigenvalue weighted by Gasteiger charge is 2.33. The molecule has 0 spiro atoms. The predicted molar refractivity (Wildman–Crippen MR) is 59.2 cm³/mol. The van der Waals surface area contributed by atoms with Gasteiger partial charge in [-0.2, -0.15) is 0 Å². The third kappa shape index (κ3) is 3.64. The van der Waals surface area contributed by atoms with Crippen LogP contribution in [0.3, 0.4) is 0 Å². The Morgan fingerprint density at radius 2 is 2.19 bits per heavy atom. The molecule has 1 aliphatic rings. The van der Waals surface area contributed by atoms with Crippen molar-refractivity contribution < 1.29 is 19.4 Å². The summed E-state index contributed by atoms with van der Waals surface area (Å²) in [6, 6.07) is -0.316. The summed E-state index contributed by atoms with van der Waals surface area (Å²) in [6.45, 7) is 8.43. The van der Waals surface area contributed by atoms with Crippen LogP contribution in [-0.2, 0) is 9.47 Å². The van der Waals surface area contributed by atoms with Gasteiger partial charge in [0, 0.05) is 6.54 Å². The van der Waals surface area contributed by atoms with E-state index in [1.54, 1.807) is 11.8 Å². The van der Waals surface area contributed by atoms with E-state index in [0.29, 0.717) is 19.8 Å². The lowest BCUT2D eigenvalue weighted by Crippen LogP contribution is -2.54. The van der Waals surface area contributed by atoms with Crippen molar-refractivity contribution in [2.75, 3.05) is 19.8 Å². The van der Waals surface area contributed by atoms with E-state index in [9.17, 15) is 9.90 Å². The number of rotatable bonds is 1. The standard InChI is InChI=1S/C11H21NO4/c1-8(13)9-7-15-6-5-12(9)10(14)16-11(2,3)4/h8-9,13H,5-7H2,1-4H3. The first-order chi connectivity index (χ1) is 7.31. The van der Waals surface area contributed by atoms with Gasteiger partial charge in [-0.05, 0) is 27.7 Å². The predicted octanol–water partition coefficient (Wildman–Crippen LogP) is 1.00. The Balaban J connectivity index is 2.64. The number of hydrogen-bond acceptors (Lipinski definition) is 4. The number of aliphatic hydroxyl groups excluding tert-OH is 1. The monoisotopic (exact) mass is 231 g/mol. The molecule has 94 valence electrons. The lowest BCUT2D eigenvalue weighted by Gasteiger charge is -2.37. The molecule has 1 N–H and O–H groups in total. The summed E-state index contributed by atoms with van der Waals surface area (Å²) >= 11 is 0. The van der Waals surface area contributed by atoms with Crippen LogP contribution >= 0.6 is 0 Å². The van der Waals surface area contributed by atoms with Crippen molar-refractivity contribution >= 4 is 6.09 Å². The zero-order chi connectivity index (χ0) is 12.3. The van der Waals surface area contributed by atoms with Crippen molar-refractivity contribution in [2.45, 2.75) is 45.4 Å². The topological polar surface area (TPSA) is 59.0 Å². The molecule has 1 heterocycles. The minimum atomic E-state index is -0.618. The quantitative estimate of drug-likeness (QED) is 0.731. The van der Waals surface area contributed by atoms with Crippen LogP contribution in [-0.4, -0.2) is 53.6 Å². The van der Waals surface area contributed by atoms with Gasteiger partial charge in [0.05, 0.1) is 25.4 Å². The van der Waals surface area contributed by atoms with Crippen LogP contribution < -0.4 is 0 Å².